The predicted octanol–water partition coefficient (Wildman–Crippen LogP) is 1.12. The number of carbonyl (C=O) groups is 2. The molecule has 0 atom stereocenters. The Bertz CT molecular complexity index is 456. The van der Waals surface area contributed by atoms with E-state index in [1.807, 2.05) is 0 Å². The lowest BCUT2D eigenvalue weighted by molar-refractivity contribution is -0.120. The SMILES string of the molecule is CNC(=O)CCC(=O)c1ccc2c(c1)OCO2. The highest BCUT2D eigenvalue weighted by Crippen LogP contribution is 2.32. The fraction of sp³-hybridized carbons (Fsp3) is 0.333. The molecule has 0 aliphatic carbocycles. The molecule has 0 radical (unpaired) electrons. The number of ketones is 1. The van der Waals surface area contributed by atoms with E-state index in [9.17, 15) is 9.59 Å². The third-order valence-corrected chi connectivity index (χ3v) is 2.55. The van der Waals surface area contributed by atoms with Crippen LogP contribution < -0.4 is 14.8 Å². The molecule has 0 unspecified atom stereocenters. The maximum atomic E-state index is 11.8. The van der Waals surface area contributed by atoms with Crippen LogP contribution in [0.5, 0.6) is 11.5 Å². The second-order valence-electron chi connectivity index (χ2n) is 3.66. The largest absolute Gasteiger partial charge is 0.454 e. The normalized spacial score (nSPS) is 12.3. The van der Waals surface area contributed by atoms with E-state index in [1.165, 1.54) is 0 Å². The van der Waals surface area contributed by atoms with Crippen molar-refractivity contribution in [2.45, 2.75) is 12.8 Å². The molecule has 1 heterocycles. The zero-order valence-electron chi connectivity index (χ0n) is 9.49. The highest BCUT2D eigenvalue weighted by Gasteiger charge is 2.16. The first-order valence-corrected chi connectivity index (χ1v) is 5.34. The second kappa shape index (κ2) is 4.86. The first-order chi connectivity index (χ1) is 8.20. The van der Waals surface area contributed by atoms with Crippen LogP contribution in [-0.2, 0) is 4.79 Å². The number of ether oxygens (including phenoxy) is 2. The molecule has 90 valence electrons. The Hall–Kier alpha value is -2.04. The van der Waals surface area contributed by atoms with Crippen molar-refractivity contribution in [2.24, 2.45) is 0 Å². The van der Waals surface area contributed by atoms with Gasteiger partial charge in [0.05, 0.1) is 0 Å². The van der Waals surface area contributed by atoms with Crippen molar-refractivity contribution in [3.05, 3.63) is 23.8 Å². The van der Waals surface area contributed by atoms with E-state index in [0.717, 1.165) is 0 Å². The van der Waals surface area contributed by atoms with Crippen molar-refractivity contribution in [1.82, 2.24) is 5.32 Å². The summed E-state index contributed by atoms with van der Waals surface area (Å²) in [5.41, 5.74) is 0.540. The van der Waals surface area contributed by atoms with Crippen LogP contribution in [0.3, 0.4) is 0 Å². The minimum atomic E-state index is -0.140. The lowest BCUT2D eigenvalue weighted by Gasteiger charge is -2.02. The average Bonchev–Trinajstić information content (AvgIpc) is 2.82. The van der Waals surface area contributed by atoms with Crippen LogP contribution in [0.4, 0.5) is 0 Å². The molecule has 1 N–H and O–H groups in total. The van der Waals surface area contributed by atoms with Gasteiger partial charge in [0, 0.05) is 25.5 Å². The summed E-state index contributed by atoms with van der Waals surface area (Å²) in [6.07, 6.45) is 0.392. The van der Waals surface area contributed by atoms with E-state index in [1.54, 1.807) is 25.2 Å². The van der Waals surface area contributed by atoms with Gasteiger partial charge in [-0.3, -0.25) is 9.59 Å². The lowest BCUT2D eigenvalue weighted by atomic mass is 10.1. The topological polar surface area (TPSA) is 64.6 Å². The molecule has 1 amide bonds. The fourth-order valence-corrected chi connectivity index (χ4v) is 1.57. The Morgan fingerprint density at radius 2 is 2.00 bits per heavy atom. The molecule has 5 heteroatoms. The number of rotatable bonds is 4. The van der Waals surface area contributed by atoms with Crippen LogP contribution >= 0.6 is 0 Å². The van der Waals surface area contributed by atoms with E-state index in [0.29, 0.717) is 17.1 Å². The molecule has 2 rings (SSSR count). The Kier molecular flexibility index (Phi) is 3.27. The zero-order valence-corrected chi connectivity index (χ0v) is 9.49. The Morgan fingerprint density at radius 1 is 1.24 bits per heavy atom. The summed E-state index contributed by atoms with van der Waals surface area (Å²) in [7, 11) is 1.55. The summed E-state index contributed by atoms with van der Waals surface area (Å²) in [4.78, 5) is 22.8. The van der Waals surface area contributed by atoms with E-state index in [4.69, 9.17) is 9.47 Å². The minimum Gasteiger partial charge on any atom is -0.454 e. The molecule has 0 saturated carbocycles. The number of carbonyl (C=O) groups excluding carboxylic acids is 2. The van der Waals surface area contributed by atoms with Gasteiger partial charge in [0.25, 0.3) is 0 Å². The summed E-state index contributed by atoms with van der Waals surface area (Å²) in [6, 6.07) is 5.03. The molecule has 1 aliphatic rings. The van der Waals surface area contributed by atoms with Crippen molar-refractivity contribution in [3.8, 4) is 11.5 Å². The molecule has 5 nitrogen and oxygen atoms in total. The van der Waals surface area contributed by atoms with Crippen LogP contribution in [0.1, 0.15) is 23.2 Å². The maximum absolute atomic E-state index is 11.8. The van der Waals surface area contributed by atoms with Crippen LogP contribution in [0.2, 0.25) is 0 Å². The van der Waals surface area contributed by atoms with Gasteiger partial charge >= 0.3 is 0 Å². The number of fused-ring (bicyclic) bond motifs is 1. The van der Waals surface area contributed by atoms with Gasteiger partial charge in [-0.1, -0.05) is 0 Å². The number of Topliss-reactive ketones (excluding diaryl/α,β-unsaturated/α-hetero) is 1. The third-order valence-electron chi connectivity index (χ3n) is 2.55. The number of nitrogens with one attached hydrogen (secondary N) is 1. The average molecular weight is 235 g/mol. The first-order valence-electron chi connectivity index (χ1n) is 5.34. The Labute approximate surface area is 98.7 Å². The third kappa shape index (κ3) is 2.55. The highest BCUT2D eigenvalue weighted by molar-refractivity contribution is 5.98. The monoisotopic (exact) mass is 235 g/mol. The van der Waals surface area contributed by atoms with Gasteiger partial charge < -0.3 is 14.8 Å². The van der Waals surface area contributed by atoms with Gasteiger partial charge in [-0.2, -0.15) is 0 Å². The fourth-order valence-electron chi connectivity index (χ4n) is 1.57. The van der Waals surface area contributed by atoms with E-state index < -0.39 is 0 Å². The molecular weight excluding hydrogens is 222 g/mol. The molecular formula is C12H13NO4. The van der Waals surface area contributed by atoms with Gasteiger partial charge in [0.15, 0.2) is 17.3 Å². The summed E-state index contributed by atoms with van der Waals surface area (Å²) < 4.78 is 10.3. The molecule has 0 aromatic heterocycles. The standard InChI is InChI=1S/C12H13NO4/c1-13-12(15)5-3-9(14)8-2-4-10-11(6-8)17-7-16-10/h2,4,6H,3,5,7H2,1H3,(H,13,15). The molecule has 0 fully saturated rings. The van der Waals surface area contributed by atoms with Crippen molar-refractivity contribution in [3.63, 3.8) is 0 Å². The number of hydrogen-bond donors (Lipinski definition) is 1. The van der Waals surface area contributed by atoms with Crippen LogP contribution in [-0.4, -0.2) is 25.5 Å². The predicted molar refractivity (Wildman–Crippen MR) is 60.2 cm³/mol. The molecule has 0 bridgehead atoms. The molecule has 0 saturated heterocycles. The minimum absolute atomic E-state index is 0.0769. The van der Waals surface area contributed by atoms with Gasteiger partial charge in [0.1, 0.15) is 0 Å². The molecule has 1 aliphatic heterocycles. The smallest absolute Gasteiger partial charge is 0.231 e. The molecule has 17 heavy (non-hydrogen) atoms. The van der Waals surface area contributed by atoms with Gasteiger partial charge in [0.2, 0.25) is 12.7 Å². The van der Waals surface area contributed by atoms with Crippen molar-refractivity contribution < 1.29 is 19.1 Å². The Balaban J connectivity index is 2.02. The van der Waals surface area contributed by atoms with E-state index in [2.05, 4.69) is 5.32 Å². The van der Waals surface area contributed by atoms with Crippen molar-refractivity contribution in [2.75, 3.05) is 13.8 Å². The second-order valence-corrected chi connectivity index (χ2v) is 3.66. The van der Waals surface area contributed by atoms with Crippen molar-refractivity contribution >= 4 is 11.7 Å². The summed E-state index contributed by atoms with van der Waals surface area (Å²) in [6.45, 7) is 0.186. The Morgan fingerprint density at radius 3 is 2.76 bits per heavy atom. The highest BCUT2D eigenvalue weighted by atomic mass is 16.7. The molecule has 1 aromatic rings. The summed E-state index contributed by atoms with van der Waals surface area (Å²) >= 11 is 0. The number of hydrogen-bond acceptors (Lipinski definition) is 4. The quantitative estimate of drug-likeness (QED) is 0.794. The van der Waals surface area contributed by atoms with E-state index in [-0.39, 0.29) is 31.3 Å². The summed E-state index contributed by atoms with van der Waals surface area (Å²) in [5.74, 6) is 1.01. The lowest BCUT2D eigenvalue weighted by Crippen LogP contribution is -2.18. The van der Waals surface area contributed by atoms with Gasteiger partial charge in [-0.25, -0.2) is 0 Å². The first kappa shape index (κ1) is 11.4. The van der Waals surface area contributed by atoms with Gasteiger partial charge in [-0.05, 0) is 18.2 Å². The molecule has 0 spiro atoms. The zero-order chi connectivity index (χ0) is 12.3. The molecule has 1 aromatic carbocycles. The number of benzene rings is 1. The maximum Gasteiger partial charge on any atom is 0.231 e. The van der Waals surface area contributed by atoms with Crippen LogP contribution in [0.15, 0.2) is 18.2 Å². The van der Waals surface area contributed by atoms with Gasteiger partial charge in [-0.15, -0.1) is 0 Å². The summed E-state index contributed by atoms with van der Waals surface area (Å²) in [5, 5.41) is 2.48. The number of amides is 1. The van der Waals surface area contributed by atoms with Crippen LogP contribution in [0, 0.1) is 0 Å². The van der Waals surface area contributed by atoms with E-state index >= 15 is 0 Å². The van der Waals surface area contributed by atoms with Crippen molar-refractivity contribution in [1.29, 1.82) is 0 Å². The van der Waals surface area contributed by atoms with Crippen LogP contribution in [0.25, 0.3) is 0 Å².